The summed E-state index contributed by atoms with van der Waals surface area (Å²) in [5, 5.41) is 5.44. The summed E-state index contributed by atoms with van der Waals surface area (Å²) in [7, 11) is 3.79. The molecule has 2 heterocycles. The summed E-state index contributed by atoms with van der Waals surface area (Å²) in [6.45, 7) is 3.93. The fourth-order valence-corrected chi connectivity index (χ4v) is 4.43. The van der Waals surface area contributed by atoms with E-state index in [0.29, 0.717) is 0 Å². The van der Waals surface area contributed by atoms with Crippen LogP contribution in [0.15, 0.2) is 61.4 Å². The molecule has 0 aliphatic carbocycles. The molecule has 2 aromatic heterocycles. The summed E-state index contributed by atoms with van der Waals surface area (Å²) in [5.41, 5.74) is 5.43. The first kappa shape index (κ1) is 17.0. The van der Waals surface area contributed by atoms with E-state index in [4.69, 9.17) is 16.3 Å². The third kappa shape index (κ3) is 2.23. The lowest BCUT2D eigenvalue weighted by atomic mass is 9.97. The molecule has 3 nitrogen and oxygen atoms in total. The number of fused-ring (bicyclic) bond motifs is 5. The second-order valence-corrected chi connectivity index (χ2v) is 7.36. The van der Waals surface area contributed by atoms with E-state index < -0.39 is 0 Å². The van der Waals surface area contributed by atoms with Crippen molar-refractivity contribution in [3.8, 4) is 16.9 Å². The van der Waals surface area contributed by atoms with Gasteiger partial charge in [-0.15, -0.1) is 0 Å². The van der Waals surface area contributed by atoms with Gasteiger partial charge in [-0.1, -0.05) is 42.5 Å². The number of nitrogens with one attached hydrogen (secondary N) is 1. The first-order valence-corrected chi connectivity index (χ1v) is 9.48. The van der Waals surface area contributed by atoms with Crippen LogP contribution in [0, 0.1) is 0 Å². The number of halogens is 1. The van der Waals surface area contributed by atoms with Crippen molar-refractivity contribution >= 4 is 50.3 Å². The number of ether oxygens (including phenoxy) is 1. The molecule has 0 amide bonds. The van der Waals surface area contributed by atoms with Gasteiger partial charge in [0.25, 0.3) is 0 Å². The molecule has 0 spiro atoms. The number of hydrogen-bond donors (Lipinski definition) is 1. The molecule has 0 aliphatic rings. The largest absolute Gasteiger partial charge is 0.496 e. The van der Waals surface area contributed by atoms with E-state index in [0.717, 1.165) is 49.3 Å². The van der Waals surface area contributed by atoms with Crippen LogP contribution < -0.4 is 4.74 Å². The molecule has 4 heteroatoms. The number of methoxy groups -OCH3 is 1. The Bertz CT molecular complexity index is 1390. The van der Waals surface area contributed by atoms with Crippen LogP contribution in [0.5, 0.6) is 5.75 Å². The second-order valence-electron chi connectivity index (χ2n) is 6.96. The smallest absolute Gasteiger partial charge is 0.126 e. The zero-order valence-electron chi connectivity index (χ0n) is 15.7. The molecule has 0 radical (unpaired) electrons. The Labute approximate surface area is 167 Å². The van der Waals surface area contributed by atoms with Gasteiger partial charge >= 0.3 is 0 Å². The van der Waals surface area contributed by atoms with Gasteiger partial charge in [0.05, 0.1) is 12.6 Å². The fourth-order valence-electron chi connectivity index (χ4n) is 4.20. The van der Waals surface area contributed by atoms with Gasteiger partial charge in [0, 0.05) is 62.7 Å². The summed E-state index contributed by atoms with van der Waals surface area (Å²) in [6.07, 6.45) is 5.93. The summed E-state index contributed by atoms with van der Waals surface area (Å²) in [6, 6.07) is 14.4. The predicted molar refractivity (Wildman–Crippen MR) is 119 cm³/mol. The summed E-state index contributed by atoms with van der Waals surface area (Å²) < 4.78 is 7.83. The molecule has 3 aromatic carbocycles. The molecule has 0 saturated heterocycles. The van der Waals surface area contributed by atoms with Gasteiger partial charge in [-0.05, 0) is 29.8 Å². The lowest BCUT2D eigenvalue weighted by molar-refractivity contribution is 0.414. The third-order valence-electron chi connectivity index (χ3n) is 5.57. The highest BCUT2D eigenvalue weighted by molar-refractivity contribution is 6.34. The zero-order chi connectivity index (χ0) is 19.4. The van der Waals surface area contributed by atoms with Crippen molar-refractivity contribution in [3.05, 3.63) is 72.0 Å². The average molecular weight is 387 g/mol. The van der Waals surface area contributed by atoms with E-state index in [9.17, 15) is 0 Å². The molecule has 0 unspecified atom stereocenters. The van der Waals surface area contributed by atoms with Gasteiger partial charge in [-0.2, -0.15) is 0 Å². The van der Waals surface area contributed by atoms with E-state index >= 15 is 0 Å². The van der Waals surface area contributed by atoms with Crippen LogP contribution in [0.4, 0.5) is 0 Å². The lowest BCUT2D eigenvalue weighted by Crippen LogP contribution is -1.90. The van der Waals surface area contributed by atoms with E-state index in [1.807, 2.05) is 30.5 Å². The molecule has 0 atom stereocenters. The number of aryl methyl sites for hydroxylation is 1. The molecule has 5 aromatic rings. The minimum atomic E-state index is 0.749. The number of H-pyrrole nitrogens is 1. The van der Waals surface area contributed by atoms with Crippen molar-refractivity contribution in [2.75, 3.05) is 7.11 Å². The fraction of sp³-hybridized carbons (Fsp3) is 0.0833. The Kier molecular flexibility index (Phi) is 3.74. The Morgan fingerprint density at radius 2 is 1.79 bits per heavy atom. The highest BCUT2D eigenvalue weighted by Gasteiger charge is 2.18. The van der Waals surface area contributed by atoms with Crippen molar-refractivity contribution in [2.24, 2.45) is 7.05 Å². The van der Waals surface area contributed by atoms with Gasteiger partial charge in [-0.25, -0.2) is 0 Å². The maximum Gasteiger partial charge on any atom is 0.126 e. The molecular weight excluding hydrogens is 368 g/mol. The third-order valence-corrected chi connectivity index (χ3v) is 5.90. The van der Waals surface area contributed by atoms with E-state index in [2.05, 4.69) is 53.6 Å². The normalized spacial score (nSPS) is 11.5. The maximum atomic E-state index is 6.53. The van der Waals surface area contributed by atoms with Crippen molar-refractivity contribution in [3.63, 3.8) is 0 Å². The second kappa shape index (κ2) is 6.18. The minimum Gasteiger partial charge on any atom is -0.496 e. The topological polar surface area (TPSA) is 29.9 Å². The molecule has 1 N–H and O–H groups in total. The molecule has 0 aliphatic heterocycles. The van der Waals surface area contributed by atoms with Gasteiger partial charge in [-0.3, -0.25) is 0 Å². The molecule has 0 fully saturated rings. The van der Waals surface area contributed by atoms with Gasteiger partial charge in [0.1, 0.15) is 5.75 Å². The first-order valence-electron chi connectivity index (χ1n) is 9.11. The lowest BCUT2D eigenvalue weighted by Gasteiger charge is -2.08. The molecular formula is C24H19ClN2O. The van der Waals surface area contributed by atoms with Gasteiger partial charge in [0.2, 0.25) is 0 Å². The molecule has 138 valence electrons. The van der Waals surface area contributed by atoms with Crippen LogP contribution in [0.1, 0.15) is 5.56 Å². The molecule has 0 bridgehead atoms. The zero-order valence-corrected chi connectivity index (χ0v) is 16.5. The Morgan fingerprint density at radius 1 is 1.00 bits per heavy atom. The van der Waals surface area contributed by atoms with Crippen molar-refractivity contribution in [2.45, 2.75) is 0 Å². The van der Waals surface area contributed by atoms with Crippen molar-refractivity contribution in [1.82, 2.24) is 9.55 Å². The number of benzene rings is 3. The monoisotopic (exact) mass is 386 g/mol. The highest BCUT2D eigenvalue weighted by atomic mass is 35.5. The van der Waals surface area contributed by atoms with Crippen molar-refractivity contribution < 1.29 is 4.74 Å². The van der Waals surface area contributed by atoms with Crippen LogP contribution in [-0.4, -0.2) is 16.7 Å². The van der Waals surface area contributed by atoms with E-state index in [-0.39, 0.29) is 0 Å². The Morgan fingerprint density at radius 3 is 2.54 bits per heavy atom. The van der Waals surface area contributed by atoms with Crippen LogP contribution in [0.25, 0.3) is 49.8 Å². The highest BCUT2D eigenvalue weighted by Crippen LogP contribution is 2.42. The van der Waals surface area contributed by atoms with Gasteiger partial charge in [0.15, 0.2) is 0 Å². The predicted octanol–water partition coefficient (Wildman–Crippen LogP) is 6.78. The summed E-state index contributed by atoms with van der Waals surface area (Å²) in [5.74, 6) is 0.828. The average Bonchev–Trinajstić information content (AvgIpc) is 3.30. The van der Waals surface area contributed by atoms with Crippen LogP contribution in [0.3, 0.4) is 0 Å². The molecule has 5 rings (SSSR count). The van der Waals surface area contributed by atoms with Crippen LogP contribution in [-0.2, 0) is 7.05 Å². The van der Waals surface area contributed by atoms with Crippen LogP contribution >= 0.6 is 11.6 Å². The molecule has 0 saturated carbocycles. The van der Waals surface area contributed by atoms with Crippen LogP contribution in [0.2, 0.25) is 5.02 Å². The number of hydrogen-bond acceptors (Lipinski definition) is 1. The Hall–Kier alpha value is -3.17. The molecule has 28 heavy (non-hydrogen) atoms. The summed E-state index contributed by atoms with van der Waals surface area (Å²) >= 11 is 6.53. The van der Waals surface area contributed by atoms with E-state index in [1.54, 1.807) is 7.11 Å². The quantitative estimate of drug-likeness (QED) is 0.363. The maximum absolute atomic E-state index is 6.53. The first-order chi connectivity index (χ1) is 13.6. The minimum absolute atomic E-state index is 0.749. The van der Waals surface area contributed by atoms with E-state index in [1.165, 1.54) is 10.8 Å². The van der Waals surface area contributed by atoms with Crippen molar-refractivity contribution in [1.29, 1.82) is 0 Å². The summed E-state index contributed by atoms with van der Waals surface area (Å²) in [4.78, 5) is 3.28. The standard InChI is InChI=1S/C24H19ClN2O/c1-4-14-9-21-17(11-23(14)28-3)24-19-13-26-12-18(19)16(10-22(24)27(21)2)15-7-5-6-8-20(15)25/h4-13,26H,1H2,2-3H3. The number of aromatic nitrogens is 2. The number of nitrogens with zero attached hydrogens (tertiary/aromatic N) is 1. The van der Waals surface area contributed by atoms with Gasteiger partial charge < -0.3 is 14.3 Å². The number of rotatable bonds is 3. The Balaban J connectivity index is 1.98. The number of aromatic amines is 1. The SMILES string of the molecule is C=Cc1cc2c(cc1OC)c1c3c[nH]cc3c(-c3ccccc3Cl)cc1n2C.